The molecule has 0 spiro atoms. The Hall–Kier alpha value is 0.0169. The Balaban J connectivity index is 2.89. The Kier molecular flexibility index (Phi) is 2.78. The first-order valence-corrected chi connectivity index (χ1v) is 6.95. The minimum Gasteiger partial charge on any atom is -0.166 e. The van der Waals surface area contributed by atoms with E-state index in [1.54, 1.807) is 0 Å². The summed E-state index contributed by atoms with van der Waals surface area (Å²) in [5.74, 6) is 0. The van der Waals surface area contributed by atoms with Gasteiger partial charge < -0.3 is 0 Å². The molecule has 0 bridgehead atoms. The molecule has 0 aromatic heterocycles. The fraction of sp³-hybridized carbons (Fsp3) is 0.143. The highest BCUT2D eigenvalue weighted by atomic mass is 35.6. The van der Waals surface area contributed by atoms with Crippen molar-refractivity contribution >= 4 is 36.0 Å². The van der Waals surface area contributed by atoms with Crippen molar-refractivity contribution in [3.05, 3.63) is 29.3 Å². The van der Waals surface area contributed by atoms with Crippen LogP contribution in [0, 0.1) is 0 Å². The Morgan fingerprint density at radius 1 is 1.20 bits per heavy atom. The molecule has 0 saturated carbocycles. The van der Waals surface area contributed by atoms with Crippen molar-refractivity contribution in [1.82, 2.24) is 0 Å². The first-order valence-electron chi connectivity index (χ1n) is 3.09. The first-order chi connectivity index (χ1) is 4.70. The van der Waals surface area contributed by atoms with E-state index in [1.807, 2.05) is 24.3 Å². The second-order valence-corrected chi connectivity index (χ2v) is 6.47. The summed E-state index contributed by atoms with van der Waals surface area (Å²) in [6, 6.07) is 7.74. The molecule has 0 heterocycles. The lowest BCUT2D eigenvalue weighted by atomic mass is 10.4. The molecule has 0 aliphatic carbocycles. The summed E-state index contributed by atoms with van der Waals surface area (Å²) in [4.78, 5) is 0. The highest BCUT2D eigenvalue weighted by molar-refractivity contribution is 7.13. The molecule has 0 nitrogen and oxygen atoms in total. The van der Waals surface area contributed by atoms with Crippen molar-refractivity contribution in [3.63, 3.8) is 0 Å². The minimum atomic E-state index is -1.14. The van der Waals surface area contributed by atoms with Crippen LogP contribution in [-0.4, -0.2) is 8.11 Å². The lowest BCUT2D eigenvalue weighted by Gasteiger charge is -1.99. The van der Waals surface area contributed by atoms with E-state index in [0.29, 0.717) is 0 Å². The monoisotopic (exact) mass is 190 g/mol. The number of hydrogen-bond acceptors (Lipinski definition) is 0. The summed E-state index contributed by atoms with van der Waals surface area (Å²) in [6.45, 7) is 2.07. The molecule has 1 aromatic carbocycles. The maximum Gasteiger partial charge on any atom is 0.168 e. The van der Waals surface area contributed by atoms with Crippen LogP contribution in [-0.2, 0) is 0 Å². The average molecular weight is 191 g/mol. The average Bonchev–Trinajstić information content (AvgIpc) is 1.88. The van der Waals surface area contributed by atoms with Gasteiger partial charge in [0.1, 0.15) is 0 Å². The Morgan fingerprint density at radius 3 is 2.10 bits per heavy atom. The van der Waals surface area contributed by atoms with Crippen LogP contribution in [0.4, 0.5) is 0 Å². The molecule has 1 atom stereocenters. The summed E-state index contributed by atoms with van der Waals surface area (Å²) < 4.78 is 0. The van der Waals surface area contributed by atoms with E-state index in [0.717, 1.165) is 5.02 Å². The van der Waals surface area contributed by atoms with Gasteiger partial charge in [-0.2, -0.15) is 11.1 Å². The van der Waals surface area contributed by atoms with Crippen LogP contribution in [0.15, 0.2) is 24.3 Å². The largest absolute Gasteiger partial charge is 0.168 e. The smallest absolute Gasteiger partial charge is 0.166 e. The van der Waals surface area contributed by atoms with Crippen LogP contribution in [0.25, 0.3) is 0 Å². The Bertz CT molecular complexity index is 205. The lowest BCUT2D eigenvalue weighted by Crippen LogP contribution is -2.19. The second-order valence-electron chi connectivity index (χ2n) is 2.17. The van der Waals surface area contributed by atoms with Gasteiger partial charge in [-0.25, -0.2) is 0 Å². The van der Waals surface area contributed by atoms with E-state index in [2.05, 4.69) is 6.55 Å². The summed E-state index contributed by atoms with van der Waals surface area (Å²) in [7, 11) is -1.14. The van der Waals surface area contributed by atoms with Crippen molar-refractivity contribution in [2.24, 2.45) is 0 Å². The number of rotatable bonds is 1. The van der Waals surface area contributed by atoms with Gasteiger partial charge in [0.05, 0.1) is 0 Å². The molecule has 0 radical (unpaired) electrons. The summed E-state index contributed by atoms with van der Waals surface area (Å²) >= 11 is 11.6. The van der Waals surface area contributed by atoms with Crippen molar-refractivity contribution in [1.29, 1.82) is 0 Å². The normalized spacial score (nSPS) is 13.1. The standard InChI is InChI=1S/C7H8Cl2Si/c1-10(9)7-4-2-6(8)3-5-7/h2-5,10H,1H3. The van der Waals surface area contributed by atoms with Gasteiger partial charge in [0, 0.05) is 5.02 Å². The van der Waals surface area contributed by atoms with Crippen LogP contribution in [0.3, 0.4) is 0 Å². The van der Waals surface area contributed by atoms with E-state index in [4.69, 9.17) is 22.7 Å². The minimum absolute atomic E-state index is 0.773. The van der Waals surface area contributed by atoms with Gasteiger partial charge in [-0.1, -0.05) is 30.3 Å². The van der Waals surface area contributed by atoms with Crippen molar-refractivity contribution in [3.8, 4) is 0 Å². The lowest BCUT2D eigenvalue weighted by molar-refractivity contribution is 1.76. The quantitative estimate of drug-likeness (QED) is 0.471. The first kappa shape index (κ1) is 8.12. The van der Waals surface area contributed by atoms with Gasteiger partial charge in [0.2, 0.25) is 0 Å². The van der Waals surface area contributed by atoms with E-state index < -0.39 is 8.11 Å². The molecule has 54 valence electrons. The zero-order chi connectivity index (χ0) is 7.56. The molecule has 0 aliphatic rings. The van der Waals surface area contributed by atoms with Crippen LogP contribution >= 0.6 is 22.7 Å². The number of benzene rings is 1. The van der Waals surface area contributed by atoms with Gasteiger partial charge in [0.25, 0.3) is 0 Å². The molecule has 1 aromatic rings. The predicted octanol–water partition coefficient (Wildman–Crippen LogP) is 2.14. The van der Waals surface area contributed by atoms with Crippen molar-refractivity contribution < 1.29 is 0 Å². The molecule has 1 rings (SSSR count). The van der Waals surface area contributed by atoms with Gasteiger partial charge in [-0.05, 0) is 17.3 Å². The summed E-state index contributed by atoms with van der Waals surface area (Å²) in [5, 5.41) is 2.01. The van der Waals surface area contributed by atoms with Gasteiger partial charge in [0.15, 0.2) is 8.11 Å². The fourth-order valence-electron chi connectivity index (χ4n) is 0.728. The molecule has 0 aliphatic heterocycles. The van der Waals surface area contributed by atoms with Crippen molar-refractivity contribution in [2.75, 3.05) is 0 Å². The summed E-state index contributed by atoms with van der Waals surface area (Å²) in [6.07, 6.45) is 0. The van der Waals surface area contributed by atoms with Gasteiger partial charge in [-0.3, -0.25) is 0 Å². The topological polar surface area (TPSA) is 0 Å². The maximum atomic E-state index is 5.95. The molecule has 0 saturated heterocycles. The van der Waals surface area contributed by atoms with E-state index in [-0.39, 0.29) is 0 Å². The maximum absolute atomic E-state index is 5.95. The molecule has 1 unspecified atom stereocenters. The molecule has 0 amide bonds. The van der Waals surface area contributed by atoms with Crippen molar-refractivity contribution in [2.45, 2.75) is 6.55 Å². The molecular formula is C7H8Cl2Si. The van der Waals surface area contributed by atoms with E-state index >= 15 is 0 Å². The van der Waals surface area contributed by atoms with Crippen LogP contribution in [0.1, 0.15) is 0 Å². The van der Waals surface area contributed by atoms with Crippen LogP contribution < -0.4 is 5.19 Å². The Labute approximate surface area is 72.1 Å². The van der Waals surface area contributed by atoms with Crippen LogP contribution in [0.2, 0.25) is 11.6 Å². The molecular weight excluding hydrogens is 183 g/mol. The second kappa shape index (κ2) is 3.42. The van der Waals surface area contributed by atoms with E-state index in [1.165, 1.54) is 5.19 Å². The van der Waals surface area contributed by atoms with Gasteiger partial charge in [-0.15, -0.1) is 0 Å². The van der Waals surface area contributed by atoms with Gasteiger partial charge >= 0.3 is 0 Å². The molecule has 0 N–H and O–H groups in total. The molecule has 0 fully saturated rings. The third kappa shape index (κ3) is 2.01. The highest BCUT2D eigenvalue weighted by Gasteiger charge is 2.00. The zero-order valence-electron chi connectivity index (χ0n) is 5.64. The number of halogens is 2. The van der Waals surface area contributed by atoms with E-state index in [9.17, 15) is 0 Å². The third-order valence-corrected chi connectivity index (χ3v) is 3.64. The number of hydrogen-bond donors (Lipinski definition) is 0. The third-order valence-electron chi connectivity index (χ3n) is 1.33. The summed E-state index contributed by atoms with van der Waals surface area (Å²) in [5.41, 5.74) is 0. The molecule has 3 heteroatoms. The molecule has 10 heavy (non-hydrogen) atoms. The zero-order valence-corrected chi connectivity index (χ0v) is 8.31. The highest BCUT2D eigenvalue weighted by Crippen LogP contribution is 2.04. The van der Waals surface area contributed by atoms with Crippen LogP contribution in [0.5, 0.6) is 0 Å². The fourth-order valence-corrected chi connectivity index (χ4v) is 2.01. The SMILES string of the molecule is C[SiH](Cl)c1ccc(Cl)cc1. The Morgan fingerprint density at radius 2 is 1.70 bits per heavy atom. The predicted molar refractivity (Wildman–Crippen MR) is 50.0 cm³/mol.